The number of nitrogens with one attached hydrogen (secondary N) is 1. The number of amides is 1. The minimum absolute atomic E-state index is 0.131. The fraction of sp³-hybridized carbons (Fsp3) is 0.429. The largest absolute Gasteiger partial charge is 0.478 e. The number of aromatic carboxylic acids is 1. The van der Waals surface area contributed by atoms with Crippen LogP contribution in [0.1, 0.15) is 23.2 Å². The Bertz CT molecular complexity index is 727. The first-order valence-electron chi connectivity index (χ1n) is 6.97. The van der Waals surface area contributed by atoms with E-state index in [1.54, 1.807) is 0 Å². The maximum atomic E-state index is 13.7. The average molecular weight is 344 g/mol. The van der Waals surface area contributed by atoms with Crippen LogP contribution >= 0.6 is 0 Å². The summed E-state index contributed by atoms with van der Waals surface area (Å²) in [5.41, 5.74) is -0.325. The van der Waals surface area contributed by atoms with Crippen molar-refractivity contribution in [2.75, 3.05) is 24.7 Å². The van der Waals surface area contributed by atoms with Crippen LogP contribution in [-0.4, -0.2) is 49.1 Å². The van der Waals surface area contributed by atoms with Gasteiger partial charge >= 0.3 is 5.97 Å². The number of rotatable bonds is 4. The molecule has 0 saturated carbocycles. The molecule has 1 amide bonds. The summed E-state index contributed by atoms with van der Waals surface area (Å²) >= 11 is 0. The number of piperidine rings is 1. The molecular weight excluding hydrogens is 327 g/mol. The van der Waals surface area contributed by atoms with Gasteiger partial charge in [-0.3, -0.25) is 4.79 Å². The minimum Gasteiger partial charge on any atom is -0.478 e. The number of carboxylic acids is 1. The molecule has 0 bridgehead atoms. The molecule has 0 atom stereocenters. The van der Waals surface area contributed by atoms with Crippen LogP contribution in [0.2, 0.25) is 0 Å². The van der Waals surface area contributed by atoms with E-state index in [1.165, 1.54) is 4.31 Å². The molecule has 1 fully saturated rings. The van der Waals surface area contributed by atoms with Gasteiger partial charge in [0.15, 0.2) is 0 Å². The number of nitrogens with zero attached hydrogens (tertiary/aromatic N) is 1. The van der Waals surface area contributed by atoms with Gasteiger partial charge in [-0.25, -0.2) is 21.9 Å². The number of anilines is 1. The summed E-state index contributed by atoms with van der Waals surface area (Å²) in [6.07, 6.45) is 1.78. The van der Waals surface area contributed by atoms with Crippen LogP contribution < -0.4 is 5.32 Å². The Morgan fingerprint density at radius 2 is 1.91 bits per heavy atom. The highest BCUT2D eigenvalue weighted by molar-refractivity contribution is 7.88. The van der Waals surface area contributed by atoms with E-state index < -0.39 is 33.6 Å². The third-order valence-electron chi connectivity index (χ3n) is 3.76. The van der Waals surface area contributed by atoms with Crippen molar-refractivity contribution in [1.29, 1.82) is 0 Å². The summed E-state index contributed by atoms with van der Waals surface area (Å²) in [5, 5.41) is 11.3. The van der Waals surface area contributed by atoms with Crippen LogP contribution in [0.15, 0.2) is 18.2 Å². The number of sulfonamides is 1. The third kappa shape index (κ3) is 4.26. The monoisotopic (exact) mass is 344 g/mol. The quantitative estimate of drug-likeness (QED) is 0.852. The minimum atomic E-state index is -3.28. The van der Waals surface area contributed by atoms with Gasteiger partial charge in [0, 0.05) is 19.0 Å². The molecule has 1 aliphatic rings. The lowest BCUT2D eigenvalue weighted by molar-refractivity contribution is -0.120. The topological polar surface area (TPSA) is 104 Å². The molecule has 1 saturated heterocycles. The average Bonchev–Trinajstić information content (AvgIpc) is 2.48. The van der Waals surface area contributed by atoms with E-state index in [0.717, 1.165) is 24.5 Å². The second-order valence-electron chi connectivity index (χ2n) is 5.43. The number of carbonyl (C=O) groups is 2. The molecule has 1 aromatic carbocycles. The van der Waals surface area contributed by atoms with Crippen molar-refractivity contribution in [3.8, 4) is 0 Å². The summed E-state index contributed by atoms with van der Waals surface area (Å²) in [5.74, 6) is -2.83. The Balaban J connectivity index is 2.03. The number of hydrogen-bond acceptors (Lipinski definition) is 4. The normalized spacial score (nSPS) is 17.0. The predicted octanol–water partition coefficient (Wildman–Crippen LogP) is 1.13. The Labute approximate surface area is 133 Å². The van der Waals surface area contributed by atoms with E-state index in [1.807, 2.05) is 0 Å². The van der Waals surface area contributed by atoms with Crippen molar-refractivity contribution in [1.82, 2.24) is 4.31 Å². The predicted molar refractivity (Wildman–Crippen MR) is 81.1 cm³/mol. The molecule has 1 aromatic rings. The molecule has 0 radical (unpaired) electrons. The van der Waals surface area contributed by atoms with E-state index in [4.69, 9.17) is 5.11 Å². The molecule has 1 aliphatic heterocycles. The lowest BCUT2D eigenvalue weighted by Crippen LogP contribution is -2.40. The Hall–Kier alpha value is -2.00. The first-order chi connectivity index (χ1) is 10.7. The highest BCUT2D eigenvalue weighted by Crippen LogP contribution is 2.22. The number of hydrogen-bond donors (Lipinski definition) is 2. The molecule has 23 heavy (non-hydrogen) atoms. The van der Waals surface area contributed by atoms with Crippen molar-refractivity contribution in [3.63, 3.8) is 0 Å². The summed E-state index contributed by atoms with van der Waals surface area (Å²) < 4.78 is 37.8. The highest BCUT2D eigenvalue weighted by atomic mass is 32.2. The van der Waals surface area contributed by atoms with Gasteiger partial charge in [0.25, 0.3) is 0 Å². The molecule has 7 nitrogen and oxygen atoms in total. The molecule has 126 valence electrons. The fourth-order valence-corrected chi connectivity index (χ4v) is 3.31. The van der Waals surface area contributed by atoms with E-state index in [-0.39, 0.29) is 24.3 Å². The van der Waals surface area contributed by atoms with Gasteiger partial charge in [-0.15, -0.1) is 0 Å². The van der Waals surface area contributed by atoms with Crippen molar-refractivity contribution < 1.29 is 27.5 Å². The summed E-state index contributed by atoms with van der Waals surface area (Å²) in [4.78, 5) is 23.0. The molecule has 0 unspecified atom stereocenters. The summed E-state index contributed by atoms with van der Waals surface area (Å²) in [6, 6.07) is 3.14. The Morgan fingerprint density at radius 1 is 1.30 bits per heavy atom. The molecule has 0 spiro atoms. The van der Waals surface area contributed by atoms with Gasteiger partial charge in [-0.05, 0) is 31.0 Å². The van der Waals surface area contributed by atoms with Crippen molar-refractivity contribution >= 4 is 27.6 Å². The van der Waals surface area contributed by atoms with Crippen LogP contribution in [0.3, 0.4) is 0 Å². The van der Waals surface area contributed by atoms with E-state index >= 15 is 0 Å². The van der Waals surface area contributed by atoms with E-state index in [2.05, 4.69) is 5.32 Å². The number of halogens is 1. The van der Waals surface area contributed by atoms with Crippen LogP contribution in [0.4, 0.5) is 10.1 Å². The second-order valence-corrected chi connectivity index (χ2v) is 7.41. The Kier molecular flexibility index (Phi) is 5.00. The zero-order chi connectivity index (χ0) is 17.2. The lowest BCUT2D eigenvalue weighted by Gasteiger charge is -2.29. The van der Waals surface area contributed by atoms with Crippen molar-refractivity contribution in [3.05, 3.63) is 29.6 Å². The highest BCUT2D eigenvalue weighted by Gasteiger charge is 2.29. The first-order valence-corrected chi connectivity index (χ1v) is 8.82. The van der Waals surface area contributed by atoms with Gasteiger partial charge in [0.1, 0.15) is 5.82 Å². The van der Waals surface area contributed by atoms with Gasteiger partial charge in [0.2, 0.25) is 15.9 Å². The fourth-order valence-electron chi connectivity index (χ4n) is 2.44. The zero-order valence-electron chi connectivity index (χ0n) is 12.5. The molecule has 0 aromatic heterocycles. The maximum absolute atomic E-state index is 13.7. The van der Waals surface area contributed by atoms with E-state index in [0.29, 0.717) is 12.8 Å². The van der Waals surface area contributed by atoms with E-state index in [9.17, 15) is 22.4 Å². The zero-order valence-corrected chi connectivity index (χ0v) is 13.3. The van der Waals surface area contributed by atoms with Gasteiger partial charge in [0.05, 0.1) is 17.5 Å². The van der Waals surface area contributed by atoms with Gasteiger partial charge in [-0.1, -0.05) is 0 Å². The standard InChI is InChI=1S/C14H17FN2O5S/c1-23(21,22)17-6-4-9(5-7-17)13(18)16-12-8-10(14(19)20)2-3-11(12)15/h2-3,8-9H,4-7H2,1H3,(H,16,18)(H,19,20). The SMILES string of the molecule is CS(=O)(=O)N1CCC(C(=O)Nc2cc(C(=O)O)ccc2F)CC1. The number of benzene rings is 1. The second kappa shape index (κ2) is 6.63. The van der Waals surface area contributed by atoms with Crippen LogP contribution in [0.5, 0.6) is 0 Å². The lowest BCUT2D eigenvalue weighted by atomic mass is 9.97. The molecule has 9 heteroatoms. The third-order valence-corrected chi connectivity index (χ3v) is 5.07. The Morgan fingerprint density at radius 3 is 2.43 bits per heavy atom. The summed E-state index contributed by atoms with van der Waals surface area (Å²) in [6.45, 7) is 0.461. The maximum Gasteiger partial charge on any atom is 0.335 e. The van der Waals surface area contributed by atoms with Gasteiger partial charge in [-0.2, -0.15) is 0 Å². The van der Waals surface area contributed by atoms with Crippen LogP contribution in [0.25, 0.3) is 0 Å². The smallest absolute Gasteiger partial charge is 0.335 e. The van der Waals surface area contributed by atoms with Crippen LogP contribution in [0, 0.1) is 11.7 Å². The first kappa shape index (κ1) is 17.4. The van der Waals surface area contributed by atoms with Crippen LogP contribution in [-0.2, 0) is 14.8 Å². The number of carboxylic acid groups (broad SMARTS) is 1. The van der Waals surface area contributed by atoms with Crippen molar-refractivity contribution in [2.45, 2.75) is 12.8 Å². The molecule has 0 aliphatic carbocycles. The molecular formula is C14H17FN2O5S. The summed E-state index contributed by atoms with van der Waals surface area (Å²) in [7, 11) is -3.28. The number of carbonyl (C=O) groups excluding carboxylic acids is 1. The molecule has 1 heterocycles. The van der Waals surface area contributed by atoms with Gasteiger partial charge < -0.3 is 10.4 Å². The molecule has 2 rings (SSSR count). The van der Waals surface area contributed by atoms with Crippen molar-refractivity contribution in [2.24, 2.45) is 5.92 Å². The molecule has 2 N–H and O–H groups in total.